The number of nitrogens with one attached hydrogen (secondary N) is 1. The molecule has 0 aromatic carbocycles. The highest BCUT2D eigenvalue weighted by atomic mass is 35.5. The molecule has 1 fully saturated rings. The molecule has 152 valence electrons. The molecule has 28 heavy (non-hydrogen) atoms. The van der Waals surface area contributed by atoms with Crippen molar-refractivity contribution in [3.8, 4) is 0 Å². The van der Waals surface area contributed by atoms with Gasteiger partial charge < -0.3 is 15.0 Å². The van der Waals surface area contributed by atoms with E-state index >= 15 is 0 Å². The number of carbonyl (C=O) groups excluding carboxylic acids is 1. The van der Waals surface area contributed by atoms with Gasteiger partial charge in [-0.25, -0.2) is 4.98 Å². The van der Waals surface area contributed by atoms with Crippen LogP contribution < -0.4 is 5.32 Å². The first-order valence-corrected chi connectivity index (χ1v) is 9.90. The first-order chi connectivity index (χ1) is 13.2. The third-order valence-corrected chi connectivity index (χ3v) is 5.12. The number of pyridine rings is 1. The van der Waals surface area contributed by atoms with Gasteiger partial charge in [-0.1, -0.05) is 11.6 Å². The van der Waals surface area contributed by atoms with Gasteiger partial charge in [0.05, 0.1) is 41.1 Å². The highest BCUT2D eigenvalue weighted by molar-refractivity contribution is 6.33. The van der Waals surface area contributed by atoms with Crippen LogP contribution in [0.25, 0.3) is 0 Å². The maximum absolute atomic E-state index is 12.6. The highest BCUT2D eigenvalue weighted by Gasteiger charge is 2.22. The van der Waals surface area contributed by atoms with E-state index in [9.17, 15) is 4.79 Å². The molecule has 3 rings (SSSR count). The Morgan fingerprint density at radius 3 is 2.57 bits per heavy atom. The Hall–Kier alpha value is -2.12. The zero-order valence-electron chi connectivity index (χ0n) is 17.1. The van der Waals surface area contributed by atoms with Gasteiger partial charge in [0.25, 0.3) is 5.91 Å². The number of nitrogens with zero attached hydrogens (tertiary/aromatic N) is 4. The Morgan fingerprint density at radius 1 is 1.32 bits per heavy atom. The Morgan fingerprint density at radius 2 is 2.00 bits per heavy atom. The third kappa shape index (κ3) is 4.47. The molecule has 0 saturated carbocycles. The molecule has 1 unspecified atom stereocenters. The van der Waals surface area contributed by atoms with E-state index in [4.69, 9.17) is 16.3 Å². The van der Waals surface area contributed by atoms with E-state index in [1.54, 1.807) is 17.2 Å². The molecular formula is C20H28ClN5O2. The monoisotopic (exact) mass is 405 g/mol. The van der Waals surface area contributed by atoms with Gasteiger partial charge in [0, 0.05) is 31.0 Å². The summed E-state index contributed by atoms with van der Waals surface area (Å²) in [6.45, 7) is 12.7. The van der Waals surface area contributed by atoms with Crippen molar-refractivity contribution in [3.05, 3.63) is 40.3 Å². The van der Waals surface area contributed by atoms with E-state index in [2.05, 4.69) is 42.4 Å². The molecule has 1 aliphatic rings. The molecule has 1 atom stereocenters. The Labute approximate surface area is 171 Å². The number of amides is 1. The normalized spacial score (nSPS) is 16.1. The number of aryl methyl sites for hydroxylation is 1. The molecule has 0 aliphatic carbocycles. The van der Waals surface area contributed by atoms with E-state index in [-0.39, 0.29) is 17.5 Å². The van der Waals surface area contributed by atoms with Crippen LogP contribution in [0.2, 0.25) is 5.02 Å². The van der Waals surface area contributed by atoms with Crippen LogP contribution in [0.3, 0.4) is 0 Å². The van der Waals surface area contributed by atoms with Crippen molar-refractivity contribution in [1.29, 1.82) is 0 Å². The SMILES string of the molecule is Cc1nn(C(C)(C)C)cc1C(C)Nc1ncc(C(=O)N2CCOCC2)cc1Cl. The van der Waals surface area contributed by atoms with E-state index in [1.165, 1.54) is 0 Å². The fourth-order valence-electron chi connectivity index (χ4n) is 3.14. The van der Waals surface area contributed by atoms with Crippen LogP contribution in [0.4, 0.5) is 5.82 Å². The average molecular weight is 406 g/mol. The summed E-state index contributed by atoms with van der Waals surface area (Å²) in [5, 5.41) is 8.38. The van der Waals surface area contributed by atoms with Gasteiger partial charge in [0.1, 0.15) is 5.82 Å². The van der Waals surface area contributed by atoms with Crippen molar-refractivity contribution in [2.45, 2.75) is 46.2 Å². The molecule has 0 spiro atoms. The number of anilines is 1. The van der Waals surface area contributed by atoms with Gasteiger partial charge in [-0.15, -0.1) is 0 Å². The molecule has 2 aromatic heterocycles. The predicted molar refractivity (Wildman–Crippen MR) is 110 cm³/mol. The lowest BCUT2D eigenvalue weighted by molar-refractivity contribution is 0.0302. The zero-order chi connectivity index (χ0) is 20.5. The van der Waals surface area contributed by atoms with Crippen LogP contribution in [-0.4, -0.2) is 51.9 Å². The van der Waals surface area contributed by atoms with E-state index < -0.39 is 0 Å². The van der Waals surface area contributed by atoms with Crippen molar-refractivity contribution >= 4 is 23.3 Å². The number of morpholine rings is 1. The maximum atomic E-state index is 12.6. The van der Waals surface area contributed by atoms with E-state index in [0.717, 1.165) is 11.3 Å². The quantitative estimate of drug-likeness (QED) is 0.840. The molecule has 7 nitrogen and oxygen atoms in total. The lowest BCUT2D eigenvalue weighted by atomic mass is 10.1. The number of rotatable bonds is 4. The minimum Gasteiger partial charge on any atom is -0.378 e. The smallest absolute Gasteiger partial charge is 0.255 e. The molecule has 1 saturated heterocycles. The molecular weight excluding hydrogens is 378 g/mol. The molecule has 0 bridgehead atoms. The summed E-state index contributed by atoms with van der Waals surface area (Å²) in [4.78, 5) is 18.7. The maximum Gasteiger partial charge on any atom is 0.255 e. The molecule has 2 aromatic rings. The standard InChI is InChI=1S/C20H28ClN5O2/c1-13(16-12-26(20(3,4)5)24-14(16)2)23-18-17(21)10-15(11-22-18)19(27)25-6-8-28-9-7-25/h10-13H,6-9H2,1-5H3,(H,22,23). The predicted octanol–water partition coefficient (Wildman–Crippen LogP) is 3.64. The van der Waals surface area contributed by atoms with Crippen molar-refractivity contribution in [3.63, 3.8) is 0 Å². The van der Waals surface area contributed by atoms with Crippen molar-refractivity contribution < 1.29 is 9.53 Å². The van der Waals surface area contributed by atoms with Crippen LogP contribution in [0.1, 0.15) is 55.4 Å². The van der Waals surface area contributed by atoms with Crippen LogP contribution in [-0.2, 0) is 10.3 Å². The molecule has 0 radical (unpaired) electrons. The van der Waals surface area contributed by atoms with Crippen LogP contribution in [0, 0.1) is 6.92 Å². The lowest BCUT2D eigenvalue weighted by Crippen LogP contribution is -2.40. The number of ether oxygens (including phenoxy) is 1. The van der Waals surface area contributed by atoms with E-state index in [0.29, 0.717) is 42.7 Å². The molecule has 8 heteroatoms. The summed E-state index contributed by atoms with van der Waals surface area (Å²) in [5.41, 5.74) is 2.45. The van der Waals surface area contributed by atoms with Crippen molar-refractivity contribution in [1.82, 2.24) is 19.7 Å². The topological polar surface area (TPSA) is 72.3 Å². The largest absolute Gasteiger partial charge is 0.378 e. The Kier molecular flexibility index (Phi) is 5.95. The summed E-state index contributed by atoms with van der Waals surface area (Å²) in [6.07, 6.45) is 3.63. The molecule has 1 aliphatic heterocycles. The highest BCUT2D eigenvalue weighted by Crippen LogP contribution is 2.28. The van der Waals surface area contributed by atoms with Crippen LogP contribution >= 0.6 is 11.6 Å². The molecule has 1 N–H and O–H groups in total. The summed E-state index contributed by atoms with van der Waals surface area (Å²) < 4.78 is 7.26. The fraction of sp³-hybridized carbons (Fsp3) is 0.550. The minimum absolute atomic E-state index is 0.0260. The summed E-state index contributed by atoms with van der Waals surface area (Å²) >= 11 is 6.42. The van der Waals surface area contributed by atoms with Gasteiger partial charge >= 0.3 is 0 Å². The Bertz CT molecular complexity index is 853. The van der Waals surface area contributed by atoms with Gasteiger partial charge in [0.2, 0.25) is 0 Å². The lowest BCUT2D eigenvalue weighted by Gasteiger charge is -2.27. The fourth-order valence-corrected chi connectivity index (χ4v) is 3.36. The van der Waals surface area contributed by atoms with Crippen molar-refractivity contribution in [2.75, 3.05) is 31.6 Å². The first kappa shape index (κ1) is 20.6. The van der Waals surface area contributed by atoms with Gasteiger partial charge in [-0.3, -0.25) is 9.48 Å². The number of carbonyl (C=O) groups is 1. The minimum atomic E-state index is -0.0832. The Balaban J connectivity index is 1.74. The first-order valence-electron chi connectivity index (χ1n) is 9.52. The second-order valence-corrected chi connectivity index (χ2v) is 8.52. The van der Waals surface area contributed by atoms with Crippen molar-refractivity contribution in [2.24, 2.45) is 0 Å². The summed E-state index contributed by atoms with van der Waals surface area (Å²) in [7, 11) is 0. The third-order valence-electron chi connectivity index (χ3n) is 4.83. The number of hydrogen-bond acceptors (Lipinski definition) is 5. The van der Waals surface area contributed by atoms with Gasteiger partial charge in [-0.05, 0) is 40.7 Å². The number of halogens is 1. The van der Waals surface area contributed by atoms with E-state index in [1.807, 2.05) is 18.5 Å². The van der Waals surface area contributed by atoms with Crippen LogP contribution in [0.5, 0.6) is 0 Å². The van der Waals surface area contributed by atoms with Gasteiger partial charge in [-0.2, -0.15) is 5.10 Å². The number of hydrogen-bond donors (Lipinski definition) is 1. The second kappa shape index (κ2) is 8.09. The molecule has 1 amide bonds. The molecule has 3 heterocycles. The number of aromatic nitrogens is 3. The summed E-state index contributed by atoms with van der Waals surface area (Å²) in [5.74, 6) is 0.482. The summed E-state index contributed by atoms with van der Waals surface area (Å²) in [6, 6.07) is 1.65. The average Bonchev–Trinajstić information content (AvgIpc) is 3.06. The van der Waals surface area contributed by atoms with Crippen LogP contribution in [0.15, 0.2) is 18.5 Å². The van der Waals surface area contributed by atoms with Gasteiger partial charge in [0.15, 0.2) is 0 Å². The second-order valence-electron chi connectivity index (χ2n) is 8.11. The zero-order valence-corrected chi connectivity index (χ0v) is 17.9.